The van der Waals surface area contributed by atoms with Crippen molar-refractivity contribution in [1.29, 1.82) is 0 Å². The fourth-order valence-electron chi connectivity index (χ4n) is 0.991. The van der Waals surface area contributed by atoms with Crippen molar-refractivity contribution in [2.45, 2.75) is 13.8 Å². The van der Waals surface area contributed by atoms with Crippen LogP contribution < -0.4 is 5.32 Å². The number of amides is 1. The zero-order chi connectivity index (χ0) is 13.0. The highest BCUT2D eigenvalue weighted by Crippen LogP contribution is 2.12. The summed E-state index contributed by atoms with van der Waals surface area (Å²) in [6, 6.07) is 3.34. The standard InChI is InChI=1S/C11H11BrN2O3/c1-6(7(2)11(16)17)10(15)14-9-4-3-8(12)5-13-9/h3-5H,1-2H3,(H,16,17)(H,13,14,15). The molecule has 0 aliphatic heterocycles. The number of carboxylic acids is 1. The SMILES string of the molecule is CC(C(=O)O)=C(C)C(=O)Nc1ccc(Br)cn1. The van der Waals surface area contributed by atoms with Gasteiger partial charge < -0.3 is 10.4 Å². The molecule has 0 aliphatic rings. The van der Waals surface area contributed by atoms with Crippen molar-refractivity contribution in [3.05, 3.63) is 33.9 Å². The van der Waals surface area contributed by atoms with E-state index in [0.29, 0.717) is 5.82 Å². The van der Waals surface area contributed by atoms with Crippen LogP contribution in [0.25, 0.3) is 0 Å². The molecule has 2 N–H and O–H groups in total. The van der Waals surface area contributed by atoms with Crippen molar-refractivity contribution in [3.8, 4) is 0 Å². The van der Waals surface area contributed by atoms with Crippen molar-refractivity contribution in [2.75, 3.05) is 5.32 Å². The second-order valence-electron chi connectivity index (χ2n) is 3.37. The second-order valence-corrected chi connectivity index (χ2v) is 4.29. The molecule has 0 unspecified atom stereocenters. The van der Waals surface area contributed by atoms with Crippen LogP contribution in [0.15, 0.2) is 33.9 Å². The molecular weight excluding hydrogens is 288 g/mol. The van der Waals surface area contributed by atoms with E-state index in [1.54, 1.807) is 18.3 Å². The summed E-state index contributed by atoms with van der Waals surface area (Å²) >= 11 is 3.22. The highest BCUT2D eigenvalue weighted by atomic mass is 79.9. The van der Waals surface area contributed by atoms with Gasteiger partial charge in [0, 0.05) is 21.8 Å². The van der Waals surface area contributed by atoms with Crippen LogP contribution in [-0.2, 0) is 9.59 Å². The van der Waals surface area contributed by atoms with Crippen molar-refractivity contribution in [1.82, 2.24) is 4.98 Å². The third-order valence-electron chi connectivity index (χ3n) is 2.19. The molecule has 0 fully saturated rings. The first-order chi connectivity index (χ1) is 7.91. The minimum Gasteiger partial charge on any atom is -0.478 e. The lowest BCUT2D eigenvalue weighted by Gasteiger charge is -2.06. The van der Waals surface area contributed by atoms with E-state index >= 15 is 0 Å². The lowest BCUT2D eigenvalue weighted by molar-refractivity contribution is -0.133. The number of hydrogen-bond acceptors (Lipinski definition) is 3. The molecule has 0 aromatic carbocycles. The highest BCUT2D eigenvalue weighted by Gasteiger charge is 2.12. The van der Waals surface area contributed by atoms with Crippen LogP contribution in [-0.4, -0.2) is 22.0 Å². The molecule has 0 saturated carbocycles. The molecule has 17 heavy (non-hydrogen) atoms. The number of aromatic nitrogens is 1. The van der Waals surface area contributed by atoms with E-state index in [2.05, 4.69) is 26.2 Å². The molecule has 6 heteroatoms. The molecule has 1 heterocycles. The lowest BCUT2D eigenvalue weighted by atomic mass is 10.1. The summed E-state index contributed by atoms with van der Waals surface area (Å²) in [4.78, 5) is 26.3. The zero-order valence-electron chi connectivity index (χ0n) is 9.32. The first-order valence-electron chi connectivity index (χ1n) is 4.75. The first kappa shape index (κ1) is 13.4. The molecule has 1 aromatic rings. The summed E-state index contributed by atoms with van der Waals surface area (Å²) in [6.07, 6.45) is 1.54. The number of rotatable bonds is 3. The van der Waals surface area contributed by atoms with Crippen molar-refractivity contribution < 1.29 is 14.7 Å². The summed E-state index contributed by atoms with van der Waals surface area (Å²) in [5, 5.41) is 11.3. The van der Waals surface area contributed by atoms with E-state index in [1.165, 1.54) is 13.8 Å². The third-order valence-corrected chi connectivity index (χ3v) is 2.66. The summed E-state index contributed by atoms with van der Waals surface area (Å²) in [6.45, 7) is 2.84. The number of carboxylic acid groups (broad SMARTS) is 1. The Balaban J connectivity index is 2.83. The van der Waals surface area contributed by atoms with Gasteiger partial charge in [0.15, 0.2) is 0 Å². The van der Waals surface area contributed by atoms with Gasteiger partial charge in [0.2, 0.25) is 0 Å². The van der Waals surface area contributed by atoms with Crippen LogP contribution in [0.1, 0.15) is 13.8 Å². The van der Waals surface area contributed by atoms with Gasteiger partial charge in [0.1, 0.15) is 5.82 Å². The van der Waals surface area contributed by atoms with E-state index in [-0.39, 0.29) is 11.1 Å². The van der Waals surface area contributed by atoms with Crippen molar-refractivity contribution in [2.24, 2.45) is 0 Å². The maximum atomic E-state index is 11.7. The summed E-state index contributed by atoms with van der Waals surface area (Å²) in [5.41, 5.74) is 0.168. The van der Waals surface area contributed by atoms with Gasteiger partial charge in [-0.05, 0) is 41.9 Å². The van der Waals surface area contributed by atoms with Crippen LogP contribution in [0.2, 0.25) is 0 Å². The molecule has 0 atom stereocenters. The summed E-state index contributed by atoms with van der Waals surface area (Å²) in [7, 11) is 0. The van der Waals surface area contributed by atoms with Gasteiger partial charge in [-0.3, -0.25) is 4.79 Å². The van der Waals surface area contributed by atoms with Gasteiger partial charge in [-0.25, -0.2) is 9.78 Å². The van der Waals surface area contributed by atoms with Gasteiger partial charge in [0.05, 0.1) is 0 Å². The molecule has 0 spiro atoms. The Labute approximate surface area is 107 Å². The summed E-state index contributed by atoms with van der Waals surface area (Å²) in [5.74, 6) is -1.21. The number of carbonyl (C=O) groups is 2. The average Bonchev–Trinajstić information content (AvgIpc) is 2.30. The smallest absolute Gasteiger partial charge is 0.331 e. The van der Waals surface area contributed by atoms with Crippen LogP contribution in [0.3, 0.4) is 0 Å². The lowest BCUT2D eigenvalue weighted by Crippen LogP contribution is -2.16. The van der Waals surface area contributed by atoms with Gasteiger partial charge in [-0.15, -0.1) is 0 Å². The number of halogens is 1. The molecule has 90 valence electrons. The molecule has 0 aliphatic carbocycles. The third kappa shape index (κ3) is 3.67. The van der Waals surface area contributed by atoms with Crippen LogP contribution in [0.5, 0.6) is 0 Å². The number of hydrogen-bond donors (Lipinski definition) is 2. The Morgan fingerprint density at radius 3 is 2.41 bits per heavy atom. The molecule has 0 saturated heterocycles. The molecule has 5 nitrogen and oxygen atoms in total. The fourth-order valence-corrected chi connectivity index (χ4v) is 1.23. The minimum atomic E-state index is -1.11. The van der Waals surface area contributed by atoms with Crippen LogP contribution >= 0.6 is 15.9 Å². The second kappa shape index (κ2) is 5.58. The number of aliphatic carboxylic acids is 1. The molecule has 0 bridgehead atoms. The van der Waals surface area contributed by atoms with Gasteiger partial charge in [-0.2, -0.15) is 0 Å². The van der Waals surface area contributed by atoms with Gasteiger partial charge >= 0.3 is 5.97 Å². The largest absolute Gasteiger partial charge is 0.478 e. The first-order valence-corrected chi connectivity index (χ1v) is 5.55. The van der Waals surface area contributed by atoms with E-state index < -0.39 is 11.9 Å². The molecule has 1 amide bonds. The number of anilines is 1. The quantitative estimate of drug-likeness (QED) is 0.839. The average molecular weight is 299 g/mol. The molecule has 1 aromatic heterocycles. The van der Waals surface area contributed by atoms with E-state index in [0.717, 1.165) is 4.47 Å². The minimum absolute atomic E-state index is 0.0135. The normalized spacial score (nSPS) is 11.7. The Bertz CT molecular complexity index is 480. The highest BCUT2D eigenvalue weighted by molar-refractivity contribution is 9.10. The zero-order valence-corrected chi connectivity index (χ0v) is 10.9. The Kier molecular flexibility index (Phi) is 4.39. The predicted molar refractivity (Wildman–Crippen MR) is 66.6 cm³/mol. The van der Waals surface area contributed by atoms with Crippen LogP contribution in [0, 0.1) is 0 Å². The number of nitrogens with one attached hydrogen (secondary N) is 1. The number of nitrogens with zero attached hydrogens (tertiary/aromatic N) is 1. The number of carbonyl (C=O) groups excluding carboxylic acids is 1. The van der Waals surface area contributed by atoms with Crippen LogP contribution in [0.4, 0.5) is 5.82 Å². The van der Waals surface area contributed by atoms with Crippen molar-refractivity contribution in [3.63, 3.8) is 0 Å². The number of pyridine rings is 1. The Morgan fingerprint density at radius 1 is 1.29 bits per heavy atom. The van der Waals surface area contributed by atoms with E-state index in [4.69, 9.17) is 5.11 Å². The summed E-state index contributed by atoms with van der Waals surface area (Å²) < 4.78 is 0.796. The van der Waals surface area contributed by atoms with Gasteiger partial charge in [0.25, 0.3) is 5.91 Å². The Morgan fingerprint density at radius 2 is 1.94 bits per heavy atom. The monoisotopic (exact) mass is 298 g/mol. The van der Waals surface area contributed by atoms with E-state index in [1.807, 2.05) is 0 Å². The fraction of sp³-hybridized carbons (Fsp3) is 0.182. The van der Waals surface area contributed by atoms with Crippen molar-refractivity contribution >= 4 is 33.6 Å². The predicted octanol–water partition coefficient (Wildman–Crippen LogP) is 2.20. The van der Waals surface area contributed by atoms with E-state index in [9.17, 15) is 9.59 Å². The topological polar surface area (TPSA) is 79.3 Å². The molecule has 0 radical (unpaired) electrons. The molecular formula is C11H11BrN2O3. The maximum absolute atomic E-state index is 11.7. The Hall–Kier alpha value is -1.69. The maximum Gasteiger partial charge on any atom is 0.331 e. The van der Waals surface area contributed by atoms with Gasteiger partial charge in [-0.1, -0.05) is 0 Å². The molecule has 1 rings (SSSR count).